The number of anilines is 1. The Morgan fingerprint density at radius 2 is 1.70 bits per heavy atom. The van der Waals surface area contributed by atoms with Crippen molar-refractivity contribution in [1.29, 1.82) is 0 Å². The Kier molecular flexibility index (Phi) is 5.67. The van der Waals surface area contributed by atoms with E-state index in [0.717, 1.165) is 0 Å². The van der Waals surface area contributed by atoms with Crippen LogP contribution in [0.15, 0.2) is 24.3 Å². The van der Waals surface area contributed by atoms with Gasteiger partial charge in [0.25, 0.3) is 5.91 Å². The molecule has 1 rings (SSSR count). The predicted octanol–water partition coefficient (Wildman–Crippen LogP) is -0.598. The number of hydrogen-bond acceptors (Lipinski definition) is 4. The van der Waals surface area contributed by atoms with E-state index in [0.29, 0.717) is 11.3 Å². The van der Waals surface area contributed by atoms with Gasteiger partial charge in [-0.25, -0.2) is 0 Å². The molecule has 20 heavy (non-hydrogen) atoms. The van der Waals surface area contributed by atoms with Gasteiger partial charge in [-0.2, -0.15) is 0 Å². The van der Waals surface area contributed by atoms with Crippen LogP contribution < -0.4 is 16.4 Å². The normalized spacial score (nSPS) is 9.75. The zero-order valence-corrected chi connectivity index (χ0v) is 11.5. The molecule has 0 aromatic heterocycles. The van der Waals surface area contributed by atoms with Crippen molar-refractivity contribution < 1.29 is 14.4 Å². The summed E-state index contributed by atoms with van der Waals surface area (Å²) in [6.07, 6.45) is 0. The van der Waals surface area contributed by atoms with Crippen LogP contribution in [0.4, 0.5) is 5.69 Å². The fourth-order valence-electron chi connectivity index (χ4n) is 1.41. The summed E-state index contributed by atoms with van der Waals surface area (Å²) in [5.74, 6) is -0.872. The summed E-state index contributed by atoms with van der Waals surface area (Å²) in [4.78, 5) is 35.5. The van der Waals surface area contributed by atoms with Gasteiger partial charge in [0.05, 0.1) is 13.1 Å². The fraction of sp³-hybridized carbons (Fsp3) is 0.308. The van der Waals surface area contributed by atoms with Crippen LogP contribution in [0.5, 0.6) is 0 Å². The Labute approximate surface area is 117 Å². The summed E-state index contributed by atoms with van der Waals surface area (Å²) < 4.78 is 0. The van der Waals surface area contributed by atoms with E-state index in [-0.39, 0.29) is 24.9 Å². The third-order valence-electron chi connectivity index (χ3n) is 2.45. The quantitative estimate of drug-likeness (QED) is 0.669. The first-order chi connectivity index (χ1) is 9.43. The number of nitrogens with zero attached hydrogens (tertiary/aromatic N) is 1. The molecule has 0 bridgehead atoms. The van der Waals surface area contributed by atoms with Crippen LogP contribution in [0.1, 0.15) is 10.4 Å². The van der Waals surface area contributed by atoms with E-state index in [2.05, 4.69) is 10.6 Å². The summed E-state index contributed by atoms with van der Waals surface area (Å²) >= 11 is 0. The number of rotatable bonds is 5. The maximum absolute atomic E-state index is 11.7. The lowest BCUT2D eigenvalue weighted by atomic mass is 10.2. The summed E-state index contributed by atoms with van der Waals surface area (Å²) in [5.41, 5.74) is 6.18. The molecule has 0 fully saturated rings. The van der Waals surface area contributed by atoms with Gasteiger partial charge < -0.3 is 21.3 Å². The highest BCUT2D eigenvalue weighted by Crippen LogP contribution is 2.10. The zero-order chi connectivity index (χ0) is 15.1. The van der Waals surface area contributed by atoms with Gasteiger partial charge in [0.15, 0.2) is 0 Å². The maximum Gasteiger partial charge on any atom is 0.253 e. The van der Waals surface area contributed by atoms with E-state index < -0.39 is 5.91 Å². The molecule has 0 radical (unpaired) electrons. The lowest BCUT2D eigenvalue weighted by molar-refractivity contribution is -0.123. The van der Waals surface area contributed by atoms with Crippen LogP contribution in [0.2, 0.25) is 0 Å². The SMILES string of the molecule is CN(C)C(=O)c1ccc(NC(=O)CNC(=O)CN)cc1. The molecule has 0 saturated carbocycles. The molecule has 1 aromatic rings. The van der Waals surface area contributed by atoms with Crippen LogP contribution in [-0.4, -0.2) is 49.8 Å². The summed E-state index contributed by atoms with van der Waals surface area (Å²) in [5, 5.41) is 4.96. The highest BCUT2D eigenvalue weighted by atomic mass is 16.2. The van der Waals surface area contributed by atoms with Crippen molar-refractivity contribution in [3.63, 3.8) is 0 Å². The Morgan fingerprint density at radius 3 is 2.20 bits per heavy atom. The molecule has 0 saturated heterocycles. The van der Waals surface area contributed by atoms with E-state index in [9.17, 15) is 14.4 Å². The van der Waals surface area contributed by atoms with Gasteiger partial charge in [0, 0.05) is 25.3 Å². The topological polar surface area (TPSA) is 105 Å². The number of nitrogens with one attached hydrogen (secondary N) is 2. The van der Waals surface area contributed by atoms with Crippen molar-refractivity contribution in [2.24, 2.45) is 5.73 Å². The lowest BCUT2D eigenvalue weighted by Gasteiger charge is -2.11. The summed E-state index contributed by atoms with van der Waals surface area (Å²) in [6, 6.07) is 6.49. The monoisotopic (exact) mass is 278 g/mol. The van der Waals surface area contributed by atoms with Gasteiger partial charge in [-0.3, -0.25) is 14.4 Å². The molecule has 7 nitrogen and oxygen atoms in total. The highest BCUT2D eigenvalue weighted by molar-refractivity contribution is 5.96. The second kappa shape index (κ2) is 7.25. The molecule has 4 N–H and O–H groups in total. The molecular formula is C13H18N4O3. The molecular weight excluding hydrogens is 260 g/mol. The molecule has 0 heterocycles. The van der Waals surface area contributed by atoms with Crippen molar-refractivity contribution in [1.82, 2.24) is 10.2 Å². The number of amides is 3. The number of benzene rings is 1. The number of nitrogens with two attached hydrogens (primary N) is 1. The van der Waals surface area contributed by atoms with Gasteiger partial charge in [-0.15, -0.1) is 0 Å². The van der Waals surface area contributed by atoms with Crippen molar-refractivity contribution in [3.05, 3.63) is 29.8 Å². The molecule has 3 amide bonds. The summed E-state index contributed by atoms with van der Waals surface area (Å²) in [7, 11) is 3.33. The third-order valence-corrected chi connectivity index (χ3v) is 2.45. The van der Waals surface area contributed by atoms with Crippen molar-refractivity contribution in [2.75, 3.05) is 32.5 Å². The van der Waals surface area contributed by atoms with Crippen LogP contribution in [0.3, 0.4) is 0 Å². The highest BCUT2D eigenvalue weighted by Gasteiger charge is 2.08. The molecule has 0 unspecified atom stereocenters. The molecule has 0 spiro atoms. The van der Waals surface area contributed by atoms with E-state index >= 15 is 0 Å². The average Bonchev–Trinajstić information content (AvgIpc) is 2.44. The van der Waals surface area contributed by atoms with Gasteiger partial charge in [0.1, 0.15) is 0 Å². The second-order valence-electron chi connectivity index (χ2n) is 4.31. The van der Waals surface area contributed by atoms with Crippen molar-refractivity contribution in [2.45, 2.75) is 0 Å². The Hall–Kier alpha value is -2.41. The van der Waals surface area contributed by atoms with Crippen LogP contribution in [0, 0.1) is 0 Å². The molecule has 0 aliphatic carbocycles. The van der Waals surface area contributed by atoms with E-state index in [1.807, 2.05) is 0 Å². The fourth-order valence-corrected chi connectivity index (χ4v) is 1.41. The largest absolute Gasteiger partial charge is 0.346 e. The molecule has 1 aromatic carbocycles. The van der Waals surface area contributed by atoms with E-state index in [1.165, 1.54) is 4.90 Å². The lowest BCUT2D eigenvalue weighted by Crippen LogP contribution is -2.36. The van der Waals surface area contributed by atoms with E-state index in [1.54, 1.807) is 38.4 Å². The molecule has 0 atom stereocenters. The minimum Gasteiger partial charge on any atom is -0.346 e. The minimum atomic E-state index is -0.396. The van der Waals surface area contributed by atoms with Gasteiger partial charge in [-0.05, 0) is 24.3 Å². The number of hydrogen-bond donors (Lipinski definition) is 3. The maximum atomic E-state index is 11.7. The van der Waals surface area contributed by atoms with Crippen molar-refractivity contribution >= 4 is 23.4 Å². The number of carbonyl (C=O) groups excluding carboxylic acids is 3. The first-order valence-electron chi connectivity index (χ1n) is 6.02. The Morgan fingerprint density at radius 1 is 1.10 bits per heavy atom. The first-order valence-corrected chi connectivity index (χ1v) is 6.02. The molecule has 7 heteroatoms. The van der Waals surface area contributed by atoms with Crippen LogP contribution >= 0.6 is 0 Å². The predicted molar refractivity (Wildman–Crippen MR) is 75.2 cm³/mol. The molecule has 108 valence electrons. The number of carbonyl (C=O) groups is 3. The molecule has 0 aliphatic rings. The molecule has 0 aliphatic heterocycles. The Bertz CT molecular complexity index is 497. The van der Waals surface area contributed by atoms with Gasteiger partial charge in [-0.1, -0.05) is 0 Å². The van der Waals surface area contributed by atoms with Crippen LogP contribution in [0.25, 0.3) is 0 Å². The van der Waals surface area contributed by atoms with Crippen molar-refractivity contribution in [3.8, 4) is 0 Å². The van der Waals surface area contributed by atoms with Gasteiger partial charge >= 0.3 is 0 Å². The first kappa shape index (κ1) is 15.6. The third kappa shape index (κ3) is 4.69. The van der Waals surface area contributed by atoms with E-state index in [4.69, 9.17) is 5.73 Å². The zero-order valence-electron chi connectivity index (χ0n) is 11.5. The smallest absolute Gasteiger partial charge is 0.253 e. The van der Waals surface area contributed by atoms with Gasteiger partial charge in [0.2, 0.25) is 11.8 Å². The standard InChI is InChI=1S/C13H18N4O3/c1-17(2)13(20)9-3-5-10(6-4-9)16-12(19)8-15-11(18)7-14/h3-6H,7-8,14H2,1-2H3,(H,15,18)(H,16,19). The average molecular weight is 278 g/mol. The minimum absolute atomic E-state index is 0.113. The second-order valence-corrected chi connectivity index (χ2v) is 4.31. The Balaban J connectivity index is 2.55. The summed E-state index contributed by atoms with van der Waals surface area (Å²) in [6.45, 7) is -0.303. The van der Waals surface area contributed by atoms with Crippen LogP contribution in [-0.2, 0) is 9.59 Å².